The third-order valence-electron chi connectivity index (χ3n) is 4.74. The first-order valence-corrected chi connectivity index (χ1v) is 8.92. The molecule has 1 N–H and O–H groups in total. The molecule has 134 valence electrons. The minimum absolute atomic E-state index is 0.00101. The van der Waals surface area contributed by atoms with Gasteiger partial charge in [0.25, 0.3) is 0 Å². The molecule has 2 heterocycles. The quantitative estimate of drug-likeness (QED) is 0.721. The van der Waals surface area contributed by atoms with E-state index in [-0.39, 0.29) is 17.7 Å². The summed E-state index contributed by atoms with van der Waals surface area (Å²) in [4.78, 5) is 21.6. The molecule has 3 rings (SSSR count). The van der Waals surface area contributed by atoms with Gasteiger partial charge in [0, 0.05) is 12.4 Å². The number of anilines is 1. The van der Waals surface area contributed by atoms with Gasteiger partial charge >= 0.3 is 0 Å². The van der Waals surface area contributed by atoms with Crippen LogP contribution in [0.4, 0.5) is 5.69 Å². The SMILES string of the molecule is CCC(C)C(C(=O)Nc1ccc(-n2ccnc2C)nc1)c1ccccc1. The molecule has 3 aromatic rings. The van der Waals surface area contributed by atoms with Crippen LogP contribution in [0, 0.1) is 12.8 Å². The van der Waals surface area contributed by atoms with Crippen LogP contribution in [0.1, 0.15) is 37.6 Å². The summed E-state index contributed by atoms with van der Waals surface area (Å²) in [7, 11) is 0. The Morgan fingerprint density at radius 3 is 2.50 bits per heavy atom. The zero-order valence-electron chi connectivity index (χ0n) is 15.4. The molecule has 1 aromatic carbocycles. The number of benzene rings is 1. The van der Waals surface area contributed by atoms with Crippen molar-refractivity contribution in [2.45, 2.75) is 33.1 Å². The molecule has 26 heavy (non-hydrogen) atoms. The summed E-state index contributed by atoms with van der Waals surface area (Å²) < 4.78 is 1.90. The van der Waals surface area contributed by atoms with Gasteiger partial charge in [-0.2, -0.15) is 0 Å². The van der Waals surface area contributed by atoms with Gasteiger partial charge in [-0.3, -0.25) is 9.36 Å². The van der Waals surface area contributed by atoms with Gasteiger partial charge in [-0.25, -0.2) is 9.97 Å². The molecule has 0 saturated carbocycles. The largest absolute Gasteiger partial charge is 0.324 e. The Balaban J connectivity index is 1.78. The number of imidazole rings is 1. The Morgan fingerprint density at radius 1 is 1.15 bits per heavy atom. The first kappa shape index (κ1) is 17.9. The number of carbonyl (C=O) groups is 1. The molecule has 2 unspecified atom stereocenters. The molecule has 0 fully saturated rings. The smallest absolute Gasteiger partial charge is 0.232 e. The minimum atomic E-state index is -0.184. The highest BCUT2D eigenvalue weighted by atomic mass is 16.1. The Kier molecular flexibility index (Phi) is 5.46. The van der Waals surface area contributed by atoms with Crippen LogP contribution in [-0.4, -0.2) is 20.4 Å². The summed E-state index contributed by atoms with van der Waals surface area (Å²) >= 11 is 0. The minimum Gasteiger partial charge on any atom is -0.324 e. The number of hydrogen-bond acceptors (Lipinski definition) is 3. The maximum absolute atomic E-state index is 12.9. The number of pyridine rings is 1. The van der Waals surface area contributed by atoms with E-state index in [2.05, 4.69) is 29.1 Å². The molecular formula is C21H24N4O. The Morgan fingerprint density at radius 2 is 1.92 bits per heavy atom. The second-order valence-electron chi connectivity index (χ2n) is 6.51. The van der Waals surface area contributed by atoms with E-state index in [1.54, 1.807) is 12.4 Å². The Bertz CT molecular complexity index is 855. The van der Waals surface area contributed by atoms with Gasteiger partial charge < -0.3 is 5.32 Å². The maximum Gasteiger partial charge on any atom is 0.232 e. The van der Waals surface area contributed by atoms with Crippen molar-refractivity contribution < 1.29 is 4.79 Å². The standard InChI is InChI=1S/C21H24N4O/c1-4-15(2)20(17-8-6-5-7-9-17)21(26)24-18-10-11-19(23-14-18)25-13-12-22-16(25)3/h5-15,20H,4H2,1-3H3,(H,24,26). The summed E-state index contributed by atoms with van der Waals surface area (Å²) in [5.74, 6) is 1.71. The van der Waals surface area contributed by atoms with E-state index in [9.17, 15) is 4.79 Å². The second kappa shape index (κ2) is 7.95. The first-order valence-electron chi connectivity index (χ1n) is 8.92. The summed E-state index contributed by atoms with van der Waals surface area (Å²) in [6.07, 6.45) is 6.23. The normalized spacial score (nSPS) is 13.2. The third kappa shape index (κ3) is 3.82. The topological polar surface area (TPSA) is 59.8 Å². The van der Waals surface area contributed by atoms with Crippen molar-refractivity contribution in [2.75, 3.05) is 5.32 Å². The third-order valence-corrected chi connectivity index (χ3v) is 4.74. The Hall–Kier alpha value is -2.95. The molecule has 0 aliphatic carbocycles. The molecule has 0 bridgehead atoms. The zero-order valence-corrected chi connectivity index (χ0v) is 15.4. The van der Waals surface area contributed by atoms with Crippen molar-refractivity contribution in [1.29, 1.82) is 0 Å². The average Bonchev–Trinajstić information content (AvgIpc) is 3.09. The fourth-order valence-corrected chi connectivity index (χ4v) is 3.08. The Labute approximate surface area is 154 Å². The van der Waals surface area contributed by atoms with Gasteiger partial charge in [0.2, 0.25) is 5.91 Å². The van der Waals surface area contributed by atoms with Crippen LogP contribution in [0.15, 0.2) is 61.1 Å². The van der Waals surface area contributed by atoms with Crippen molar-refractivity contribution in [3.8, 4) is 5.82 Å². The summed E-state index contributed by atoms with van der Waals surface area (Å²) in [5.41, 5.74) is 1.73. The molecule has 5 heteroatoms. The monoisotopic (exact) mass is 348 g/mol. The lowest BCUT2D eigenvalue weighted by Crippen LogP contribution is -2.26. The van der Waals surface area contributed by atoms with Crippen LogP contribution in [0.2, 0.25) is 0 Å². The first-order chi connectivity index (χ1) is 12.6. The fourth-order valence-electron chi connectivity index (χ4n) is 3.08. The van der Waals surface area contributed by atoms with Crippen LogP contribution < -0.4 is 5.32 Å². The highest BCUT2D eigenvalue weighted by Crippen LogP contribution is 2.28. The molecule has 0 saturated heterocycles. The fraction of sp³-hybridized carbons (Fsp3) is 0.286. The molecule has 0 radical (unpaired) electrons. The molecule has 0 aliphatic rings. The van der Waals surface area contributed by atoms with Crippen LogP contribution in [0.3, 0.4) is 0 Å². The van der Waals surface area contributed by atoms with Gasteiger partial charge in [0.1, 0.15) is 11.6 Å². The van der Waals surface area contributed by atoms with E-state index in [1.165, 1.54) is 0 Å². The van der Waals surface area contributed by atoms with Gasteiger partial charge in [-0.1, -0.05) is 50.6 Å². The van der Waals surface area contributed by atoms with Gasteiger partial charge in [0.05, 0.1) is 17.8 Å². The second-order valence-corrected chi connectivity index (χ2v) is 6.51. The van der Waals surface area contributed by atoms with Crippen molar-refractivity contribution >= 4 is 11.6 Å². The predicted octanol–water partition coefficient (Wildman–Crippen LogP) is 4.34. The van der Waals surface area contributed by atoms with Crippen molar-refractivity contribution in [3.05, 3.63) is 72.4 Å². The van der Waals surface area contributed by atoms with Crippen molar-refractivity contribution in [3.63, 3.8) is 0 Å². The molecule has 2 aromatic heterocycles. The highest BCUT2D eigenvalue weighted by Gasteiger charge is 2.25. The number of aryl methyl sites for hydroxylation is 1. The maximum atomic E-state index is 12.9. The van der Waals surface area contributed by atoms with E-state index in [4.69, 9.17) is 0 Å². The molecular weight excluding hydrogens is 324 g/mol. The molecule has 1 amide bonds. The van der Waals surface area contributed by atoms with Crippen molar-refractivity contribution in [2.24, 2.45) is 5.92 Å². The molecule has 5 nitrogen and oxygen atoms in total. The van der Waals surface area contributed by atoms with Crippen LogP contribution >= 0.6 is 0 Å². The van der Waals surface area contributed by atoms with E-state index in [1.807, 2.05) is 60.2 Å². The average molecular weight is 348 g/mol. The lowest BCUT2D eigenvalue weighted by atomic mass is 9.85. The van der Waals surface area contributed by atoms with Crippen LogP contribution in [0.25, 0.3) is 5.82 Å². The summed E-state index contributed by atoms with van der Waals surface area (Å²) in [5, 5.41) is 3.02. The summed E-state index contributed by atoms with van der Waals surface area (Å²) in [6, 6.07) is 13.7. The zero-order chi connectivity index (χ0) is 18.5. The van der Waals surface area contributed by atoms with Gasteiger partial charge in [0.15, 0.2) is 0 Å². The van der Waals surface area contributed by atoms with E-state index >= 15 is 0 Å². The lowest BCUT2D eigenvalue weighted by Gasteiger charge is -2.22. The van der Waals surface area contributed by atoms with Crippen LogP contribution in [-0.2, 0) is 4.79 Å². The predicted molar refractivity (Wildman–Crippen MR) is 103 cm³/mol. The van der Waals surface area contributed by atoms with Gasteiger partial charge in [-0.15, -0.1) is 0 Å². The number of carbonyl (C=O) groups excluding carboxylic acids is 1. The van der Waals surface area contributed by atoms with E-state index in [0.717, 1.165) is 23.6 Å². The van der Waals surface area contributed by atoms with Crippen LogP contribution in [0.5, 0.6) is 0 Å². The number of nitrogens with zero attached hydrogens (tertiary/aromatic N) is 3. The number of nitrogens with one attached hydrogen (secondary N) is 1. The molecule has 0 aliphatic heterocycles. The number of rotatable bonds is 6. The van der Waals surface area contributed by atoms with Crippen molar-refractivity contribution in [1.82, 2.24) is 14.5 Å². The van der Waals surface area contributed by atoms with E-state index < -0.39 is 0 Å². The number of aromatic nitrogens is 3. The van der Waals surface area contributed by atoms with E-state index in [0.29, 0.717) is 5.69 Å². The summed E-state index contributed by atoms with van der Waals surface area (Å²) in [6.45, 7) is 6.14. The molecule has 0 spiro atoms. The van der Waals surface area contributed by atoms with Gasteiger partial charge in [-0.05, 0) is 30.5 Å². The highest BCUT2D eigenvalue weighted by molar-refractivity contribution is 5.96. The number of amides is 1. The number of hydrogen-bond donors (Lipinski definition) is 1. The molecule has 2 atom stereocenters. The lowest BCUT2D eigenvalue weighted by molar-refractivity contribution is -0.118.